The van der Waals surface area contributed by atoms with Crippen molar-refractivity contribution in [2.45, 2.75) is 32.7 Å². The van der Waals surface area contributed by atoms with Crippen molar-refractivity contribution in [1.82, 2.24) is 5.32 Å². The molecule has 0 spiro atoms. The second-order valence-corrected chi connectivity index (χ2v) is 5.35. The highest BCUT2D eigenvalue weighted by Crippen LogP contribution is 2.17. The third-order valence-corrected chi connectivity index (χ3v) is 3.00. The Bertz CT molecular complexity index is 444. The Morgan fingerprint density at radius 3 is 2.84 bits per heavy atom. The summed E-state index contributed by atoms with van der Waals surface area (Å²) in [5.74, 6) is 0.794. The Morgan fingerprint density at radius 2 is 2.21 bits per heavy atom. The monoisotopic (exact) mass is 278 g/mol. The standard InChI is InChI=1S/C15H22N2OS/c1-5-10-18-13-9-7-8-12(11-13)16-14(19)17-15(3,4)6-2/h5,7-9,11H,1,6,10H2,2-4H3,(H2,16,17,19). The van der Waals surface area contributed by atoms with E-state index in [-0.39, 0.29) is 5.54 Å². The molecule has 0 aromatic heterocycles. The summed E-state index contributed by atoms with van der Waals surface area (Å²) in [6.07, 6.45) is 2.72. The van der Waals surface area contributed by atoms with Crippen LogP contribution in [0.1, 0.15) is 27.2 Å². The number of ether oxygens (including phenoxy) is 1. The van der Waals surface area contributed by atoms with Crippen molar-refractivity contribution in [3.05, 3.63) is 36.9 Å². The molecule has 2 N–H and O–H groups in total. The first kappa shape index (κ1) is 15.5. The van der Waals surface area contributed by atoms with Gasteiger partial charge in [0, 0.05) is 17.3 Å². The van der Waals surface area contributed by atoms with Crippen molar-refractivity contribution >= 4 is 23.0 Å². The van der Waals surface area contributed by atoms with Crippen LogP contribution >= 0.6 is 12.2 Å². The molecule has 1 rings (SSSR count). The van der Waals surface area contributed by atoms with Crippen molar-refractivity contribution in [1.29, 1.82) is 0 Å². The van der Waals surface area contributed by atoms with Crippen LogP contribution < -0.4 is 15.4 Å². The number of benzene rings is 1. The zero-order valence-electron chi connectivity index (χ0n) is 11.8. The summed E-state index contributed by atoms with van der Waals surface area (Å²) in [6.45, 7) is 10.5. The molecule has 0 bridgehead atoms. The van der Waals surface area contributed by atoms with Crippen LogP contribution in [0.5, 0.6) is 5.75 Å². The van der Waals surface area contributed by atoms with Crippen LogP contribution in [0.15, 0.2) is 36.9 Å². The van der Waals surface area contributed by atoms with Crippen LogP contribution in [-0.4, -0.2) is 17.3 Å². The van der Waals surface area contributed by atoms with Gasteiger partial charge in [-0.25, -0.2) is 0 Å². The number of hydrogen-bond acceptors (Lipinski definition) is 2. The molecule has 3 nitrogen and oxygen atoms in total. The van der Waals surface area contributed by atoms with Crippen molar-refractivity contribution in [2.75, 3.05) is 11.9 Å². The molecule has 0 aliphatic carbocycles. The fourth-order valence-corrected chi connectivity index (χ4v) is 1.77. The second-order valence-electron chi connectivity index (χ2n) is 4.94. The van der Waals surface area contributed by atoms with E-state index in [1.54, 1.807) is 6.08 Å². The van der Waals surface area contributed by atoms with E-state index in [2.05, 4.69) is 38.0 Å². The average Bonchev–Trinajstić information content (AvgIpc) is 2.36. The molecular weight excluding hydrogens is 256 g/mol. The van der Waals surface area contributed by atoms with Crippen molar-refractivity contribution in [3.63, 3.8) is 0 Å². The molecule has 4 heteroatoms. The minimum atomic E-state index is -0.0129. The van der Waals surface area contributed by atoms with Crippen LogP contribution in [-0.2, 0) is 0 Å². The van der Waals surface area contributed by atoms with Gasteiger partial charge in [0.2, 0.25) is 0 Å². The first-order valence-corrected chi connectivity index (χ1v) is 6.80. The van der Waals surface area contributed by atoms with Crippen LogP contribution in [0.3, 0.4) is 0 Å². The molecule has 0 saturated carbocycles. The van der Waals surface area contributed by atoms with Gasteiger partial charge in [0.25, 0.3) is 0 Å². The molecule has 0 fully saturated rings. The number of nitrogens with one attached hydrogen (secondary N) is 2. The molecule has 0 saturated heterocycles. The Morgan fingerprint density at radius 1 is 1.47 bits per heavy atom. The SMILES string of the molecule is C=CCOc1cccc(NC(=S)NC(C)(C)CC)c1. The number of hydrogen-bond donors (Lipinski definition) is 2. The Balaban J connectivity index is 2.61. The molecule has 0 aliphatic rings. The van der Waals surface area contributed by atoms with E-state index in [9.17, 15) is 0 Å². The summed E-state index contributed by atoms with van der Waals surface area (Å²) in [4.78, 5) is 0. The first-order valence-electron chi connectivity index (χ1n) is 6.40. The highest BCUT2D eigenvalue weighted by atomic mass is 32.1. The predicted molar refractivity (Wildman–Crippen MR) is 85.9 cm³/mol. The summed E-state index contributed by atoms with van der Waals surface area (Å²) in [6, 6.07) is 7.69. The van der Waals surface area contributed by atoms with E-state index in [0.29, 0.717) is 11.7 Å². The molecule has 104 valence electrons. The summed E-state index contributed by atoms with van der Waals surface area (Å²) in [5, 5.41) is 7.06. The van der Waals surface area contributed by atoms with E-state index in [1.807, 2.05) is 24.3 Å². The molecule has 0 unspecified atom stereocenters. The highest BCUT2D eigenvalue weighted by Gasteiger charge is 2.15. The van der Waals surface area contributed by atoms with Gasteiger partial charge < -0.3 is 15.4 Å². The van der Waals surface area contributed by atoms with Gasteiger partial charge in [-0.15, -0.1) is 0 Å². The molecule has 0 radical (unpaired) electrons. The maximum absolute atomic E-state index is 5.48. The Labute approximate surface area is 121 Å². The quantitative estimate of drug-likeness (QED) is 0.613. The van der Waals surface area contributed by atoms with Crippen molar-refractivity contribution in [2.24, 2.45) is 0 Å². The largest absolute Gasteiger partial charge is 0.489 e. The minimum Gasteiger partial charge on any atom is -0.489 e. The van der Waals surface area contributed by atoms with Gasteiger partial charge in [-0.05, 0) is 44.6 Å². The lowest BCUT2D eigenvalue weighted by Gasteiger charge is -2.26. The smallest absolute Gasteiger partial charge is 0.171 e. The zero-order valence-corrected chi connectivity index (χ0v) is 12.6. The van der Waals surface area contributed by atoms with E-state index in [1.165, 1.54) is 0 Å². The molecular formula is C15H22N2OS. The van der Waals surface area contributed by atoms with Gasteiger partial charge in [-0.3, -0.25) is 0 Å². The van der Waals surface area contributed by atoms with Crippen molar-refractivity contribution in [3.8, 4) is 5.75 Å². The minimum absolute atomic E-state index is 0.0129. The average molecular weight is 278 g/mol. The van der Waals surface area contributed by atoms with Crippen LogP contribution in [0.4, 0.5) is 5.69 Å². The topological polar surface area (TPSA) is 33.3 Å². The third kappa shape index (κ3) is 5.75. The fourth-order valence-electron chi connectivity index (χ4n) is 1.38. The molecule has 1 aromatic carbocycles. The van der Waals surface area contributed by atoms with Crippen LogP contribution in [0.2, 0.25) is 0 Å². The maximum Gasteiger partial charge on any atom is 0.171 e. The zero-order chi connectivity index (χ0) is 14.3. The Kier molecular flexibility index (Phi) is 5.83. The third-order valence-electron chi connectivity index (χ3n) is 2.80. The summed E-state index contributed by atoms with van der Waals surface area (Å²) in [7, 11) is 0. The van der Waals surface area contributed by atoms with Crippen LogP contribution in [0, 0.1) is 0 Å². The molecule has 19 heavy (non-hydrogen) atoms. The summed E-state index contributed by atoms with van der Waals surface area (Å²) in [5.41, 5.74) is 0.895. The first-order chi connectivity index (χ1) is 8.96. The second kappa shape index (κ2) is 7.14. The molecule has 0 atom stereocenters. The summed E-state index contributed by atoms with van der Waals surface area (Å²) >= 11 is 5.30. The van der Waals surface area contributed by atoms with Gasteiger partial charge >= 0.3 is 0 Å². The fraction of sp³-hybridized carbons (Fsp3) is 0.400. The van der Waals surface area contributed by atoms with E-state index >= 15 is 0 Å². The van der Waals surface area contributed by atoms with Crippen LogP contribution in [0.25, 0.3) is 0 Å². The van der Waals surface area contributed by atoms with Gasteiger partial charge in [0.1, 0.15) is 12.4 Å². The van der Waals surface area contributed by atoms with E-state index in [0.717, 1.165) is 17.9 Å². The van der Waals surface area contributed by atoms with Gasteiger partial charge in [0.05, 0.1) is 0 Å². The maximum atomic E-state index is 5.48. The summed E-state index contributed by atoms with van der Waals surface area (Å²) < 4.78 is 5.48. The normalized spacial score (nSPS) is 10.7. The van der Waals surface area contributed by atoms with Gasteiger partial charge in [0.15, 0.2) is 5.11 Å². The van der Waals surface area contributed by atoms with Crippen molar-refractivity contribution < 1.29 is 4.74 Å². The molecule has 0 amide bonds. The number of anilines is 1. The van der Waals surface area contributed by atoms with E-state index < -0.39 is 0 Å². The lowest BCUT2D eigenvalue weighted by atomic mass is 10.0. The van der Waals surface area contributed by atoms with Gasteiger partial charge in [-0.2, -0.15) is 0 Å². The van der Waals surface area contributed by atoms with E-state index in [4.69, 9.17) is 17.0 Å². The predicted octanol–water partition coefficient (Wildman–Crippen LogP) is 3.73. The molecule has 0 aliphatic heterocycles. The Hall–Kier alpha value is -1.55. The molecule has 1 aromatic rings. The van der Waals surface area contributed by atoms with Gasteiger partial charge in [-0.1, -0.05) is 25.6 Å². The highest BCUT2D eigenvalue weighted by molar-refractivity contribution is 7.80. The number of rotatable bonds is 6. The lowest BCUT2D eigenvalue weighted by molar-refractivity contribution is 0.363. The number of thiocarbonyl (C=S) groups is 1. The molecule has 0 heterocycles. The lowest BCUT2D eigenvalue weighted by Crippen LogP contribution is -2.44.